The molecule has 0 atom stereocenters. The highest BCUT2D eigenvalue weighted by Crippen LogP contribution is 2.26. The van der Waals surface area contributed by atoms with E-state index in [-0.39, 0.29) is 16.0 Å². The Morgan fingerprint density at radius 3 is 2.04 bits per heavy atom. The van der Waals surface area contributed by atoms with Gasteiger partial charge in [0, 0.05) is 0 Å². The van der Waals surface area contributed by atoms with Crippen molar-refractivity contribution in [2.45, 2.75) is 18.7 Å². The van der Waals surface area contributed by atoms with Gasteiger partial charge >= 0.3 is 11.9 Å². The van der Waals surface area contributed by atoms with E-state index in [1.807, 2.05) is 0 Å². The summed E-state index contributed by atoms with van der Waals surface area (Å²) in [6.07, 6.45) is 0. The average Bonchev–Trinajstić information content (AvgIpc) is 2.63. The summed E-state index contributed by atoms with van der Waals surface area (Å²) in [4.78, 5) is 23.4. The Bertz CT molecular complexity index is 945. The molecule has 0 heterocycles. The van der Waals surface area contributed by atoms with Gasteiger partial charge in [0.25, 0.3) is 10.0 Å². The van der Waals surface area contributed by atoms with Crippen LogP contribution in [0, 0.1) is 13.8 Å². The first kappa shape index (κ1) is 19.5. The number of sulfonamides is 1. The molecule has 1 N–H and O–H groups in total. The number of methoxy groups -OCH3 is 2. The topological polar surface area (TPSA) is 98.8 Å². The third-order valence-electron chi connectivity index (χ3n) is 3.82. The summed E-state index contributed by atoms with van der Waals surface area (Å²) in [5.41, 5.74) is 1.67. The number of anilines is 1. The molecule has 0 bridgehead atoms. The third-order valence-corrected chi connectivity index (χ3v) is 5.20. The highest BCUT2D eigenvalue weighted by molar-refractivity contribution is 7.92. The van der Waals surface area contributed by atoms with Crippen LogP contribution in [0.2, 0.25) is 0 Å². The quantitative estimate of drug-likeness (QED) is 0.805. The Morgan fingerprint density at radius 2 is 1.50 bits per heavy atom. The van der Waals surface area contributed by atoms with E-state index in [4.69, 9.17) is 0 Å². The Kier molecular flexibility index (Phi) is 5.66. The highest BCUT2D eigenvalue weighted by Gasteiger charge is 2.26. The standard InChI is InChI=1S/C18H19NO6S/c1-11-6-5-7-12(2)16(11)19-26(22,23)15-10-13(17(20)24-3)8-9-14(15)18(21)25-4/h5-10,19H,1-4H3. The number of hydrogen-bond acceptors (Lipinski definition) is 6. The molecule has 2 rings (SSSR count). The van der Waals surface area contributed by atoms with Gasteiger partial charge < -0.3 is 9.47 Å². The molecule has 0 aliphatic heterocycles. The van der Waals surface area contributed by atoms with Gasteiger partial charge in [-0.15, -0.1) is 0 Å². The molecule has 0 fully saturated rings. The van der Waals surface area contributed by atoms with Gasteiger partial charge in [0.15, 0.2) is 0 Å². The second-order valence-electron chi connectivity index (χ2n) is 5.57. The van der Waals surface area contributed by atoms with E-state index in [1.54, 1.807) is 32.0 Å². The van der Waals surface area contributed by atoms with Gasteiger partial charge in [0.05, 0.1) is 31.0 Å². The van der Waals surface area contributed by atoms with Crippen LogP contribution in [-0.2, 0) is 19.5 Å². The van der Waals surface area contributed by atoms with Gasteiger partial charge in [0.2, 0.25) is 0 Å². The maximum atomic E-state index is 12.9. The summed E-state index contributed by atoms with van der Waals surface area (Å²) in [6, 6.07) is 8.94. The molecule has 26 heavy (non-hydrogen) atoms. The lowest BCUT2D eigenvalue weighted by Gasteiger charge is -2.15. The average molecular weight is 377 g/mol. The fraction of sp³-hybridized carbons (Fsp3) is 0.222. The van der Waals surface area contributed by atoms with E-state index in [2.05, 4.69) is 14.2 Å². The van der Waals surface area contributed by atoms with Crippen molar-refractivity contribution in [2.24, 2.45) is 0 Å². The number of carbonyl (C=O) groups is 2. The normalized spacial score (nSPS) is 10.9. The third kappa shape index (κ3) is 3.85. The van der Waals surface area contributed by atoms with Crippen LogP contribution in [0.5, 0.6) is 0 Å². The molecule has 8 heteroatoms. The molecule has 138 valence electrons. The fourth-order valence-corrected chi connectivity index (χ4v) is 3.86. The van der Waals surface area contributed by atoms with Crippen molar-refractivity contribution >= 4 is 27.6 Å². The number of esters is 2. The molecular weight excluding hydrogens is 358 g/mol. The number of nitrogens with one attached hydrogen (secondary N) is 1. The fourth-order valence-electron chi connectivity index (χ4n) is 2.43. The molecule has 0 radical (unpaired) electrons. The summed E-state index contributed by atoms with van der Waals surface area (Å²) in [5.74, 6) is -1.55. The minimum absolute atomic E-state index is 0.00188. The van der Waals surface area contributed by atoms with Gasteiger partial charge in [-0.3, -0.25) is 4.72 Å². The van der Waals surface area contributed by atoms with E-state index in [1.165, 1.54) is 19.2 Å². The highest BCUT2D eigenvalue weighted by atomic mass is 32.2. The number of benzene rings is 2. The molecule has 2 aromatic rings. The first-order valence-corrected chi connectivity index (χ1v) is 9.09. The van der Waals surface area contributed by atoms with Crippen molar-refractivity contribution in [3.8, 4) is 0 Å². The maximum absolute atomic E-state index is 12.9. The van der Waals surface area contributed by atoms with Gasteiger partial charge in [-0.1, -0.05) is 18.2 Å². The largest absolute Gasteiger partial charge is 0.465 e. The second-order valence-corrected chi connectivity index (χ2v) is 7.22. The van der Waals surface area contributed by atoms with Crippen molar-refractivity contribution < 1.29 is 27.5 Å². The Hall–Kier alpha value is -2.87. The first-order valence-electron chi connectivity index (χ1n) is 7.61. The van der Waals surface area contributed by atoms with E-state index in [9.17, 15) is 18.0 Å². The van der Waals surface area contributed by atoms with Crippen LogP contribution < -0.4 is 4.72 Å². The second kappa shape index (κ2) is 7.57. The Morgan fingerprint density at radius 1 is 0.923 bits per heavy atom. The van der Waals surface area contributed by atoms with E-state index in [0.717, 1.165) is 24.3 Å². The molecule has 0 aliphatic carbocycles. The number of rotatable bonds is 5. The summed E-state index contributed by atoms with van der Waals surface area (Å²) >= 11 is 0. The number of aryl methyl sites for hydroxylation is 2. The zero-order valence-electron chi connectivity index (χ0n) is 14.8. The number of para-hydroxylation sites is 1. The van der Waals surface area contributed by atoms with Crippen molar-refractivity contribution in [1.82, 2.24) is 0 Å². The van der Waals surface area contributed by atoms with Crippen molar-refractivity contribution in [3.05, 3.63) is 58.7 Å². The van der Waals surface area contributed by atoms with E-state index < -0.39 is 22.0 Å². The van der Waals surface area contributed by atoms with Crippen LogP contribution in [-0.4, -0.2) is 34.6 Å². The van der Waals surface area contributed by atoms with Gasteiger partial charge in [-0.05, 0) is 43.2 Å². The van der Waals surface area contributed by atoms with Crippen LogP contribution in [0.25, 0.3) is 0 Å². The summed E-state index contributed by atoms with van der Waals surface area (Å²) in [6.45, 7) is 3.52. The van der Waals surface area contributed by atoms with Crippen molar-refractivity contribution in [2.75, 3.05) is 18.9 Å². The van der Waals surface area contributed by atoms with Crippen LogP contribution in [0.15, 0.2) is 41.3 Å². The molecule has 0 aromatic heterocycles. The first-order chi connectivity index (χ1) is 12.2. The molecule has 2 aromatic carbocycles. The zero-order chi connectivity index (χ0) is 19.5. The van der Waals surface area contributed by atoms with E-state index in [0.29, 0.717) is 5.69 Å². The van der Waals surface area contributed by atoms with Crippen LogP contribution in [0.4, 0.5) is 5.69 Å². The molecule has 0 aliphatic rings. The monoisotopic (exact) mass is 377 g/mol. The molecule has 7 nitrogen and oxygen atoms in total. The maximum Gasteiger partial charge on any atom is 0.339 e. The molecule has 0 spiro atoms. The molecule has 0 amide bonds. The summed E-state index contributed by atoms with van der Waals surface area (Å²) in [5, 5.41) is 0. The molecule has 0 unspecified atom stereocenters. The minimum Gasteiger partial charge on any atom is -0.465 e. The Balaban J connectivity index is 2.62. The van der Waals surface area contributed by atoms with Gasteiger partial charge in [-0.2, -0.15) is 0 Å². The molecule has 0 saturated carbocycles. The van der Waals surface area contributed by atoms with Crippen molar-refractivity contribution in [1.29, 1.82) is 0 Å². The van der Waals surface area contributed by atoms with E-state index >= 15 is 0 Å². The summed E-state index contributed by atoms with van der Waals surface area (Å²) in [7, 11) is -1.84. The van der Waals surface area contributed by atoms with Crippen molar-refractivity contribution in [3.63, 3.8) is 0 Å². The van der Waals surface area contributed by atoms with Crippen LogP contribution >= 0.6 is 0 Å². The predicted octanol–water partition coefficient (Wildman–Crippen LogP) is 2.68. The van der Waals surface area contributed by atoms with Crippen LogP contribution in [0.3, 0.4) is 0 Å². The number of ether oxygens (including phenoxy) is 2. The lowest BCUT2D eigenvalue weighted by Crippen LogP contribution is -2.19. The predicted molar refractivity (Wildman–Crippen MR) is 95.8 cm³/mol. The lowest BCUT2D eigenvalue weighted by atomic mass is 10.1. The zero-order valence-corrected chi connectivity index (χ0v) is 15.6. The molecular formula is C18H19NO6S. The van der Waals surface area contributed by atoms with Gasteiger partial charge in [0.1, 0.15) is 4.90 Å². The SMILES string of the molecule is COC(=O)c1ccc(C(=O)OC)c(S(=O)(=O)Nc2c(C)cccc2C)c1. The smallest absolute Gasteiger partial charge is 0.339 e. The lowest BCUT2D eigenvalue weighted by molar-refractivity contribution is 0.0583. The van der Waals surface area contributed by atoms with Crippen LogP contribution in [0.1, 0.15) is 31.8 Å². The Labute approximate surface area is 152 Å². The molecule has 0 saturated heterocycles. The number of hydrogen-bond donors (Lipinski definition) is 1. The summed E-state index contributed by atoms with van der Waals surface area (Å²) < 4.78 is 37.6. The van der Waals surface area contributed by atoms with Gasteiger partial charge in [-0.25, -0.2) is 18.0 Å². The minimum atomic E-state index is -4.17. The number of carbonyl (C=O) groups excluding carboxylic acids is 2.